The molecule has 2 aromatic rings. The van der Waals surface area contributed by atoms with E-state index in [1.807, 2.05) is 0 Å². The summed E-state index contributed by atoms with van der Waals surface area (Å²) >= 11 is 5.04. The van der Waals surface area contributed by atoms with E-state index in [-0.39, 0.29) is 16.4 Å². The maximum Gasteiger partial charge on any atom is 0.276 e. The van der Waals surface area contributed by atoms with Crippen LogP contribution in [0.1, 0.15) is 5.56 Å². The smallest absolute Gasteiger partial charge is 0.276 e. The number of hydrogen-bond donors (Lipinski definition) is 1. The van der Waals surface area contributed by atoms with Crippen LogP contribution in [0.25, 0.3) is 6.08 Å². The number of allylic oxidation sites excluding steroid dienone is 2. The second-order valence-electron chi connectivity index (χ2n) is 5.63. The van der Waals surface area contributed by atoms with Crippen molar-refractivity contribution < 1.29 is 18.9 Å². The molecule has 1 saturated heterocycles. The van der Waals surface area contributed by atoms with Crippen molar-refractivity contribution in [2.75, 3.05) is 4.90 Å². The van der Waals surface area contributed by atoms with Crippen LogP contribution in [-0.2, 0) is 9.59 Å². The van der Waals surface area contributed by atoms with Crippen LogP contribution in [0.3, 0.4) is 0 Å². The summed E-state index contributed by atoms with van der Waals surface area (Å²) in [7, 11) is 0. The van der Waals surface area contributed by atoms with Gasteiger partial charge in [-0.2, -0.15) is 0 Å². The van der Waals surface area contributed by atoms with Crippen LogP contribution in [0, 0.1) is 15.9 Å². The Balaban J connectivity index is 1.91. The number of thiocarbonyl (C=S) groups is 1. The molecule has 140 valence electrons. The van der Waals surface area contributed by atoms with Crippen molar-refractivity contribution in [1.82, 2.24) is 5.32 Å². The first-order chi connectivity index (χ1) is 13.4. The average Bonchev–Trinajstić information content (AvgIpc) is 2.66. The van der Waals surface area contributed by atoms with Gasteiger partial charge in [0.25, 0.3) is 17.5 Å². The summed E-state index contributed by atoms with van der Waals surface area (Å²) in [6, 6.07) is 11.1. The highest BCUT2D eigenvalue weighted by Crippen LogP contribution is 2.22. The van der Waals surface area contributed by atoms with Crippen LogP contribution in [0.4, 0.5) is 15.8 Å². The fourth-order valence-electron chi connectivity index (χ4n) is 2.54. The zero-order valence-corrected chi connectivity index (χ0v) is 15.0. The molecule has 0 saturated carbocycles. The van der Waals surface area contributed by atoms with E-state index in [9.17, 15) is 24.1 Å². The van der Waals surface area contributed by atoms with Crippen LogP contribution >= 0.6 is 12.2 Å². The van der Waals surface area contributed by atoms with Gasteiger partial charge in [-0.25, -0.2) is 4.39 Å². The third kappa shape index (κ3) is 3.84. The summed E-state index contributed by atoms with van der Waals surface area (Å²) in [5.41, 5.74) is 0.294. The molecule has 0 spiro atoms. The second-order valence-corrected chi connectivity index (χ2v) is 6.02. The highest BCUT2D eigenvalue weighted by molar-refractivity contribution is 7.80. The van der Waals surface area contributed by atoms with Crippen LogP contribution in [0.5, 0.6) is 0 Å². The Morgan fingerprint density at radius 2 is 1.79 bits per heavy atom. The topological polar surface area (TPSA) is 92.6 Å². The van der Waals surface area contributed by atoms with E-state index in [0.29, 0.717) is 11.3 Å². The highest BCUT2D eigenvalue weighted by atomic mass is 32.1. The Morgan fingerprint density at radius 1 is 1.11 bits per heavy atom. The van der Waals surface area contributed by atoms with Gasteiger partial charge in [-0.15, -0.1) is 0 Å². The first-order valence-corrected chi connectivity index (χ1v) is 8.36. The van der Waals surface area contributed by atoms with Crippen molar-refractivity contribution in [3.63, 3.8) is 0 Å². The number of benzene rings is 2. The van der Waals surface area contributed by atoms with Gasteiger partial charge in [0.05, 0.1) is 16.2 Å². The summed E-state index contributed by atoms with van der Waals surface area (Å²) in [6.07, 6.45) is 4.03. The predicted octanol–water partition coefficient (Wildman–Crippen LogP) is 3.12. The average molecular weight is 397 g/mol. The van der Waals surface area contributed by atoms with Gasteiger partial charge in [0.15, 0.2) is 5.11 Å². The number of amides is 2. The lowest BCUT2D eigenvalue weighted by Gasteiger charge is -2.28. The molecule has 1 N–H and O–H groups in total. The van der Waals surface area contributed by atoms with Gasteiger partial charge >= 0.3 is 0 Å². The SMILES string of the molecule is O=C1NC(=S)N(c2ccc(F)cc2)C(=O)/C1=C\C=C\c1ccccc1[N+](=O)[O-]. The van der Waals surface area contributed by atoms with E-state index >= 15 is 0 Å². The van der Waals surface area contributed by atoms with Gasteiger partial charge < -0.3 is 0 Å². The van der Waals surface area contributed by atoms with E-state index in [1.165, 1.54) is 60.7 Å². The summed E-state index contributed by atoms with van der Waals surface area (Å²) in [6.45, 7) is 0. The highest BCUT2D eigenvalue weighted by Gasteiger charge is 2.34. The Morgan fingerprint density at radius 3 is 2.46 bits per heavy atom. The van der Waals surface area contributed by atoms with Gasteiger partial charge in [0.2, 0.25) is 0 Å². The molecule has 1 fully saturated rings. The molecule has 28 heavy (non-hydrogen) atoms. The first kappa shape index (κ1) is 19.1. The predicted molar refractivity (Wildman–Crippen MR) is 105 cm³/mol. The van der Waals surface area contributed by atoms with Crippen molar-refractivity contribution in [1.29, 1.82) is 0 Å². The normalized spacial score (nSPS) is 16.0. The van der Waals surface area contributed by atoms with E-state index < -0.39 is 22.6 Å². The molecule has 0 aliphatic carbocycles. The molecule has 2 amide bonds. The van der Waals surface area contributed by atoms with Crippen molar-refractivity contribution in [2.24, 2.45) is 0 Å². The summed E-state index contributed by atoms with van der Waals surface area (Å²) < 4.78 is 13.1. The number of halogens is 1. The van der Waals surface area contributed by atoms with E-state index in [4.69, 9.17) is 12.2 Å². The summed E-state index contributed by atoms with van der Waals surface area (Å²) in [4.78, 5) is 36.5. The number of carbonyl (C=O) groups excluding carboxylic acids is 2. The molecule has 2 aromatic carbocycles. The minimum absolute atomic E-state index is 0.106. The molecule has 0 radical (unpaired) electrons. The number of para-hydroxylation sites is 1. The fraction of sp³-hybridized carbons (Fsp3) is 0. The van der Waals surface area contributed by atoms with Crippen LogP contribution < -0.4 is 10.2 Å². The molecule has 1 aliphatic heterocycles. The zero-order valence-electron chi connectivity index (χ0n) is 14.2. The Labute approximate surface area is 163 Å². The third-order valence-electron chi connectivity index (χ3n) is 3.86. The molecule has 0 bridgehead atoms. The second kappa shape index (κ2) is 7.89. The fourth-order valence-corrected chi connectivity index (χ4v) is 2.83. The van der Waals surface area contributed by atoms with Crippen molar-refractivity contribution >= 4 is 46.6 Å². The van der Waals surface area contributed by atoms with E-state index in [2.05, 4.69) is 5.32 Å². The summed E-state index contributed by atoms with van der Waals surface area (Å²) in [5.74, 6) is -1.86. The van der Waals surface area contributed by atoms with Gasteiger partial charge in [0.1, 0.15) is 11.4 Å². The Kier molecular flexibility index (Phi) is 5.37. The maximum absolute atomic E-state index is 13.1. The number of nitrogens with zero attached hydrogens (tertiary/aromatic N) is 2. The number of nitrogens with one attached hydrogen (secondary N) is 1. The number of anilines is 1. The lowest BCUT2D eigenvalue weighted by molar-refractivity contribution is -0.385. The molecule has 1 heterocycles. The molecule has 0 unspecified atom stereocenters. The number of rotatable bonds is 4. The standard InChI is InChI=1S/C19H12FN3O4S/c20-13-8-10-14(11-9-13)22-18(25)15(17(24)21-19(22)28)6-3-5-12-4-1-2-7-16(12)23(26)27/h1-11H,(H,21,24,28)/b5-3+,15-6-. The molecule has 3 rings (SSSR count). The number of hydrogen-bond acceptors (Lipinski definition) is 5. The monoisotopic (exact) mass is 397 g/mol. The third-order valence-corrected chi connectivity index (χ3v) is 4.14. The molecule has 0 aromatic heterocycles. The van der Waals surface area contributed by atoms with E-state index in [1.54, 1.807) is 6.07 Å². The Bertz CT molecular complexity index is 1050. The zero-order chi connectivity index (χ0) is 20.3. The lowest BCUT2D eigenvalue weighted by atomic mass is 10.1. The molecule has 7 nitrogen and oxygen atoms in total. The van der Waals surface area contributed by atoms with Crippen molar-refractivity contribution in [3.8, 4) is 0 Å². The first-order valence-electron chi connectivity index (χ1n) is 7.95. The van der Waals surface area contributed by atoms with Crippen LogP contribution in [0.2, 0.25) is 0 Å². The van der Waals surface area contributed by atoms with Crippen molar-refractivity contribution in [2.45, 2.75) is 0 Å². The van der Waals surface area contributed by atoms with Crippen molar-refractivity contribution in [3.05, 3.63) is 87.8 Å². The maximum atomic E-state index is 13.1. The van der Waals surface area contributed by atoms with Gasteiger partial charge in [-0.1, -0.05) is 18.2 Å². The molecular weight excluding hydrogens is 385 g/mol. The van der Waals surface area contributed by atoms with Gasteiger partial charge in [-0.05, 0) is 54.7 Å². The quantitative estimate of drug-likeness (QED) is 0.281. The number of nitro benzene ring substituents is 1. The lowest BCUT2D eigenvalue weighted by Crippen LogP contribution is -2.54. The van der Waals surface area contributed by atoms with E-state index in [0.717, 1.165) is 4.90 Å². The van der Waals surface area contributed by atoms with Gasteiger partial charge in [-0.3, -0.25) is 29.9 Å². The minimum atomic E-state index is -0.694. The summed E-state index contributed by atoms with van der Waals surface area (Å²) in [5, 5.41) is 13.3. The molecular formula is C19H12FN3O4S. The molecule has 9 heteroatoms. The molecule has 0 atom stereocenters. The molecule has 1 aliphatic rings. The Hall–Kier alpha value is -3.72. The van der Waals surface area contributed by atoms with Crippen LogP contribution in [-0.4, -0.2) is 21.9 Å². The number of nitro groups is 1. The van der Waals surface area contributed by atoms with Gasteiger partial charge in [0, 0.05) is 6.07 Å². The largest absolute Gasteiger partial charge is 0.298 e. The van der Waals surface area contributed by atoms with Crippen LogP contribution in [0.15, 0.2) is 66.3 Å². The minimum Gasteiger partial charge on any atom is -0.298 e. The number of carbonyl (C=O) groups is 2.